The van der Waals surface area contributed by atoms with Crippen LogP contribution in [0, 0.1) is 11.8 Å². The molecule has 0 unspecified atom stereocenters. The Morgan fingerprint density at radius 3 is 2.50 bits per heavy atom. The van der Waals surface area contributed by atoms with Crippen LogP contribution in [0.15, 0.2) is 18.2 Å². The second kappa shape index (κ2) is 8.07. The van der Waals surface area contributed by atoms with Crippen molar-refractivity contribution in [3.8, 4) is 11.5 Å². The zero-order valence-electron chi connectivity index (χ0n) is 13.8. The summed E-state index contributed by atoms with van der Waals surface area (Å²) < 4.78 is 73.4. The van der Waals surface area contributed by atoms with Crippen LogP contribution >= 0.6 is 0 Å². The van der Waals surface area contributed by atoms with E-state index in [1.165, 1.54) is 23.1 Å². The molecule has 1 aliphatic heterocycles. The van der Waals surface area contributed by atoms with Crippen LogP contribution in [0.4, 0.5) is 22.0 Å². The number of carboxylic acid groups (broad SMARTS) is 1. The largest absolute Gasteiger partial charge is 0.490 e. The number of hydrogen-bond donors (Lipinski definition) is 1. The highest BCUT2D eigenvalue weighted by Crippen LogP contribution is 2.38. The van der Waals surface area contributed by atoms with Crippen molar-refractivity contribution >= 4 is 5.97 Å². The lowest BCUT2D eigenvalue weighted by Gasteiger charge is -2.19. The van der Waals surface area contributed by atoms with Crippen molar-refractivity contribution in [2.24, 2.45) is 11.8 Å². The molecule has 1 saturated heterocycles. The summed E-state index contributed by atoms with van der Waals surface area (Å²) in [4.78, 5) is 12.5. The third kappa shape index (κ3) is 4.96. The second-order valence-electron chi connectivity index (χ2n) is 5.88. The van der Waals surface area contributed by atoms with Gasteiger partial charge in [0.25, 0.3) is 0 Å². The van der Waals surface area contributed by atoms with Crippen molar-refractivity contribution in [3.63, 3.8) is 0 Å². The van der Waals surface area contributed by atoms with Crippen LogP contribution in [0.3, 0.4) is 0 Å². The van der Waals surface area contributed by atoms with Crippen LogP contribution in [0.2, 0.25) is 0 Å². The van der Waals surface area contributed by atoms with Gasteiger partial charge in [0.15, 0.2) is 11.5 Å². The van der Waals surface area contributed by atoms with Gasteiger partial charge in [0, 0.05) is 19.6 Å². The molecule has 0 bridgehead atoms. The zero-order valence-corrected chi connectivity index (χ0v) is 13.8. The van der Waals surface area contributed by atoms with E-state index in [1.807, 2.05) is 0 Å². The monoisotopic (exact) mass is 383 g/mol. The van der Waals surface area contributed by atoms with Crippen LogP contribution in [0.25, 0.3) is 0 Å². The molecule has 1 N–H and O–H groups in total. The van der Waals surface area contributed by atoms with Gasteiger partial charge in [0.1, 0.15) is 0 Å². The fourth-order valence-electron chi connectivity index (χ4n) is 2.97. The van der Waals surface area contributed by atoms with Crippen LogP contribution < -0.4 is 9.47 Å². The molecular formula is C16H18F5NO4. The van der Waals surface area contributed by atoms with E-state index in [1.54, 1.807) is 6.92 Å². The smallest absolute Gasteiger partial charge is 0.393 e. The molecule has 0 radical (unpaired) electrons. The van der Waals surface area contributed by atoms with E-state index in [2.05, 4.69) is 4.74 Å². The molecule has 1 aliphatic rings. The molecule has 0 amide bonds. The first-order valence-corrected chi connectivity index (χ1v) is 7.84. The average Bonchev–Trinajstić information content (AvgIpc) is 2.94. The predicted octanol–water partition coefficient (Wildman–Crippen LogP) is 3.38. The molecule has 10 heteroatoms. The number of alkyl halides is 5. The summed E-state index contributed by atoms with van der Waals surface area (Å²) in [5.74, 6) is -5.11. The topological polar surface area (TPSA) is 59.0 Å². The van der Waals surface area contributed by atoms with Gasteiger partial charge in [-0.15, -0.1) is 0 Å². The molecule has 26 heavy (non-hydrogen) atoms. The van der Waals surface area contributed by atoms with Gasteiger partial charge < -0.3 is 14.6 Å². The highest BCUT2D eigenvalue weighted by atomic mass is 19.4. The summed E-state index contributed by atoms with van der Waals surface area (Å²) in [6.45, 7) is -1.87. The third-order valence-corrected chi connectivity index (χ3v) is 4.06. The molecule has 0 aromatic heterocycles. The van der Waals surface area contributed by atoms with Crippen molar-refractivity contribution in [3.05, 3.63) is 23.8 Å². The molecule has 1 fully saturated rings. The van der Waals surface area contributed by atoms with E-state index in [9.17, 15) is 26.7 Å². The zero-order chi connectivity index (χ0) is 19.5. The lowest BCUT2D eigenvalue weighted by atomic mass is 9.96. The molecule has 0 aliphatic carbocycles. The number of likely N-dealkylation sites (tertiary alicyclic amines) is 1. The lowest BCUT2D eigenvalue weighted by Crippen LogP contribution is -2.33. The Morgan fingerprint density at radius 1 is 1.31 bits per heavy atom. The summed E-state index contributed by atoms with van der Waals surface area (Å²) in [5.41, 5.74) is 0.502. The van der Waals surface area contributed by atoms with E-state index < -0.39 is 37.1 Å². The lowest BCUT2D eigenvalue weighted by molar-refractivity contribution is -0.188. The Labute approximate surface area is 146 Å². The highest BCUT2D eigenvalue weighted by molar-refractivity contribution is 5.71. The van der Waals surface area contributed by atoms with Gasteiger partial charge in [-0.05, 0) is 24.6 Å². The molecular weight excluding hydrogens is 365 g/mol. The minimum absolute atomic E-state index is 0.0331. The summed E-state index contributed by atoms with van der Waals surface area (Å²) in [6, 6.07) is 4.08. The molecule has 5 nitrogen and oxygen atoms in total. The Hall–Kier alpha value is -2.10. The molecule has 2 rings (SSSR count). The molecule has 1 heterocycles. The number of nitrogens with zero attached hydrogens (tertiary/aromatic N) is 1. The maximum absolute atomic E-state index is 13.0. The number of carboxylic acids is 1. The van der Waals surface area contributed by atoms with Crippen molar-refractivity contribution in [1.29, 1.82) is 0 Å². The number of halogens is 5. The Morgan fingerprint density at radius 2 is 2.00 bits per heavy atom. The summed E-state index contributed by atoms with van der Waals surface area (Å²) in [6.07, 6.45) is -4.61. The number of aliphatic carboxylic acids is 1. The van der Waals surface area contributed by atoms with E-state index in [0.29, 0.717) is 5.56 Å². The SMILES string of the molecule is CCOc1cc(CN2C[C@@H](C(F)(F)F)[C@H](C(=O)O)C2)ccc1OC(F)F. The average molecular weight is 383 g/mol. The van der Waals surface area contributed by atoms with E-state index in [0.717, 1.165) is 0 Å². The maximum atomic E-state index is 13.0. The molecule has 1 aromatic rings. The van der Waals surface area contributed by atoms with Crippen LogP contribution in [-0.2, 0) is 11.3 Å². The van der Waals surface area contributed by atoms with Gasteiger partial charge in [-0.1, -0.05) is 6.07 Å². The summed E-state index contributed by atoms with van der Waals surface area (Å²) in [5, 5.41) is 9.03. The molecule has 2 atom stereocenters. The number of ether oxygens (including phenoxy) is 2. The van der Waals surface area contributed by atoms with Crippen molar-refractivity contribution < 1.29 is 41.3 Å². The van der Waals surface area contributed by atoms with E-state index in [4.69, 9.17) is 9.84 Å². The summed E-state index contributed by atoms with van der Waals surface area (Å²) >= 11 is 0. The normalized spacial score (nSPS) is 21.2. The van der Waals surface area contributed by atoms with Gasteiger partial charge in [-0.25, -0.2) is 0 Å². The van der Waals surface area contributed by atoms with Crippen LogP contribution in [0.5, 0.6) is 11.5 Å². The van der Waals surface area contributed by atoms with Gasteiger partial charge >= 0.3 is 18.8 Å². The van der Waals surface area contributed by atoms with Gasteiger partial charge in [-0.2, -0.15) is 22.0 Å². The fourth-order valence-corrected chi connectivity index (χ4v) is 2.97. The molecule has 1 aromatic carbocycles. The molecule has 146 valence electrons. The highest BCUT2D eigenvalue weighted by Gasteiger charge is 2.52. The van der Waals surface area contributed by atoms with Gasteiger partial charge in [0.05, 0.1) is 18.4 Å². The van der Waals surface area contributed by atoms with Crippen molar-refractivity contribution in [1.82, 2.24) is 4.90 Å². The number of hydrogen-bond acceptors (Lipinski definition) is 4. The minimum atomic E-state index is -4.61. The quantitative estimate of drug-likeness (QED) is 0.732. The fraction of sp³-hybridized carbons (Fsp3) is 0.562. The molecule has 0 spiro atoms. The first-order valence-electron chi connectivity index (χ1n) is 7.84. The molecule has 0 saturated carbocycles. The second-order valence-corrected chi connectivity index (χ2v) is 5.88. The van der Waals surface area contributed by atoms with Gasteiger partial charge in [0.2, 0.25) is 0 Å². The number of benzene rings is 1. The third-order valence-electron chi connectivity index (χ3n) is 4.06. The van der Waals surface area contributed by atoms with Crippen LogP contribution in [0.1, 0.15) is 12.5 Å². The van der Waals surface area contributed by atoms with Crippen LogP contribution in [-0.4, -0.2) is 48.5 Å². The van der Waals surface area contributed by atoms with E-state index in [-0.39, 0.29) is 31.2 Å². The summed E-state index contributed by atoms with van der Waals surface area (Å²) in [7, 11) is 0. The van der Waals surface area contributed by atoms with Crippen molar-refractivity contribution in [2.75, 3.05) is 19.7 Å². The Balaban J connectivity index is 2.15. The minimum Gasteiger partial charge on any atom is -0.490 e. The number of rotatable bonds is 7. The Kier molecular flexibility index (Phi) is 6.27. The first-order chi connectivity index (χ1) is 12.1. The first kappa shape index (κ1) is 20.2. The van der Waals surface area contributed by atoms with E-state index >= 15 is 0 Å². The Bertz CT molecular complexity index is 638. The van der Waals surface area contributed by atoms with Gasteiger partial charge in [-0.3, -0.25) is 9.69 Å². The van der Waals surface area contributed by atoms with Crippen molar-refractivity contribution in [2.45, 2.75) is 26.3 Å². The standard InChI is InChI=1S/C16H18F5NO4/c1-2-25-13-5-9(3-4-12(13)26-15(17)18)6-22-7-10(14(23)24)11(8-22)16(19,20)21/h3-5,10-11,15H,2,6-8H2,1H3,(H,23,24)/t10-,11-/m1/s1. The predicted molar refractivity (Wildman–Crippen MR) is 80.2 cm³/mol. The number of carbonyl (C=O) groups is 1. The maximum Gasteiger partial charge on any atom is 0.393 e.